The quantitative estimate of drug-likeness (QED) is 0.617. The first-order chi connectivity index (χ1) is 15.1. The van der Waals surface area contributed by atoms with Crippen LogP contribution in [0.15, 0.2) is 47.1 Å². The van der Waals surface area contributed by atoms with Crippen molar-refractivity contribution < 1.29 is 23.8 Å². The second kappa shape index (κ2) is 7.02. The molecular weight excluding hydrogens is 410 g/mol. The van der Waals surface area contributed by atoms with Gasteiger partial charge in [0.25, 0.3) is 0 Å². The number of aliphatic hydroxyl groups is 1. The number of halogens is 2. The van der Waals surface area contributed by atoms with Crippen molar-refractivity contribution in [1.29, 1.82) is 0 Å². The molecule has 2 saturated carbocycles. The Hall–Kier alpha value is -2.45. The van der Waals surface area contributed by atoms with Gasteiger partial charge in [0.15, 0.2) is 5.78 Å². The van der Waals surface area contributed by atoms with E-state index in [-0.39, 0.29) is 35.7 Å². The van der Waals surface area contributed by atoms with Crippen LogP contribution in [0.4, 0.5) is 8.78 Å². The molecule has 4 aliphatic carbocycles. The van der Waals surface area contributed by atoms with E-state index < -0.39 is 16.9 Å². The molecule has 2 fully saturated rings. The third-order valence-corrected chi connectivity index (χ3v) is 8.88. The Bertz CT molecular complexity index is 1080. The van der Waals surface area contributed by atoms with Crippen molar-refractivity contribution in [3.63, 3.8) is 0 Å². The number of terminal acetylenes is 1. The SMILES string of the molecule is C#CC(F)(F)[C@]1(O)CC[C@H]2[C@@H]3CCC4=CC(=O)CCC4=C3C(c3ccc(O)cc3)C[C@@]21C. The van der Waals surface area contributed by atoms with E-state index in [2.05, 4.69) is 0 Å². The molecule has 0 amide bonds. The van der Waals surface area contributed by atoms with Crippen LogP contribution in [0.25, 0.3) is 0 Å². The number of aromatic hydroxyl groups is 1. The monoisotopic (exact) mass is 438 g/mol. The molecule has 3 nitrogen and oxygen atoms in total. The molecule has 1 unspecified atom stereocenters. The molecular formula is C27H28F2O3. The summed E-state index contributed by atoms with van der Waals surface area (Å²) in [6.07, 6.45) is 10.5. The van der Waals surface area contributed by atoms with Gasteiger partial charge in [-0.25, -0.2) is 0 Å². The summed E-state index contributed by atoms with van der Waals surface area (Å²) < 4.78 is 30.0. The Morgan fingerprint density at radius 1 is 1.16 bits per heavy atom. The standard InChI is InChI=1S/C27H28F2O3/c1-3-27(28,29)26(32)13-12-23-21-10-6-17-14-19(31)9-11-20(17)24(21)22(15-25(23,26)2)16-4-7-18(30)8-5-16/h1,4-5,7-8,14,21-23,30,32H,6,9-13,15H2,2H3/t21-,22?,23-,25-,26-/m0/s1. The topological polar surface area (TPSA) is 57.5 Å². The first kappa shape index (κ1) is 21.4. The molecule has 5 rings (SSSR count). The van der Waals surface area contributed by atoms with E-state index in [0.29, 0.717) is 25.7 Å². The minimum Gasteiger partial charge on any atom is -0.508 e. The van der Waals surface area contributed by atoms with Gasteiger partial charge in [-0.2, -0.15) is 8.78 Å². The van der Waals surface area contributed by atoms with Crippen LogP contribution in [-0.2, 0) is 4.79 Å². The van der Waals surface area contributed by atoms with Gasteiger partial charge in [0.05, 0.1) is 0 Å². The number of hydrogen-bond donors (Lipinski definition) is 2. The van der Waals surface area contributed by atoms with Crippen LogP contribution in [-0.4, -0.2) is 27.5 Å². The molecule has 2 N–H and O–H groups in total. The number of fused-ring (bicyclic) bond motifs is 4. The minimum absolute atomic E-state index is 0.0199. The van der Waals surface area contributed by atoms with Crippen molar-refractivity contribution in [2.24, 2.45) is 17.3 Å². The van der Waals surface area contributed by atoms with Gasteiger partial charge in [0.2, 0.25) is 0 Å². The summed E-state index contributed by atoms with van der Waals surface area (Å²) in [7, 11) is 0. The highest BCUT2D eigenvalue weighted by Gasteiger charge is 2.71. The second-order valence-electron chi connectivity index (χ2n) is 10.2. The number of phenolic OH excluding ortho intramolecular Hbond substituents is 1. The molecule has 0 aromatic heterocycles. The van der Waals surface area contributed by atoms with Crippen LogP contribution in [0.3, 0.4) is 0 Å². The molecule has 0 heterocycles. The van der Waals surface area contributed by atoms with Crippen molar-refractivity contribution in [1.82, 2.24) is 0 Å². The molecule has 0 saturated heterocycles. The van der Waals surface area contributed by atoms with Gasteiger partial charge in [-0.1, -0.05) is 24.6 Å². The number of phenols is 1. The van der Waals surface area contributed by atoms with Crippen LogP contribution in [0.2, 0.25) is 0 Å². The highest BCUT2D eigenvalue weighted by Crippen LogP contribution is 2.69. The summed E-state index contributed by atoms with van der Waals surface area (Å²) in [5.41, 5.74) is 1.17. The van der Waals surface area contributed by atoms with Gasteiger partial charge in [-0.05, 0) is 91.2 Å². The van der Waals surface area contributed by atoms with Gasteiger partial charge in [-0.3, -0.25) is 4.79 Å². The van der Waals surface area contributed by atoms with Gasteiger partial charge >= 0.3 is 5.92 Å². The Labute approximate surface area is 187 Å². The third kappa shape index (κ3) is 2.78. The molecule has 4 aliphatic rings. The predicted molar refractivity (Wildman–Crippen MR) is 117 cm³/mol. The molecule has 1 aromatic rings. The first-order valence-corrected chi connectivity index (χ1v) is 11.4. The van der Waals surface area contributed by atoms with Crippen molar-refractivity contribution in [2.75, 3.05) is 0 Å². The number of carbonyl (C=O) groups is 1. The van der Waals surface area contributed by atoms with Gasteiger partial charge in [0, 0.05) is 17.8 Å². The normalized spacial score (nSPS) is 36.7. The maximum atomic E-state index is 15.0. The third-order valence-electron chi connectivity index (χ3n) is 8.88. The van der Waals surface area contributed by atoms with E-state index in [1.54, 1.807) is 31.1 Å². The number of alkyl halides is 2. The van der Waals surface area contributed by atoms with Gasteiger partial charge in [0.1, 0.15) is 11.4 Å². The molecule has 0 spiro atoms. The molecule has 0 aliphatic heterocycles. The van der Waals surface area contributed by atoms with Crippen LogP contribution in [0.5, 0.6) is 5.75 Å². The number of ketones is 1. The Morgan fingerprint density at radius 3 is 2.56 bits per heavy atom. The van der Waals surface area contributed by atoms with Crippen molar-refractivity contribution in [2.45, 2.75) is 69.3 Å². The number of rotatable bonds is 2. The summed E-state index contributed by atoms with van der Waals surface area (Å²) in [5, 5.41) is 21.2. The molecule has 5 heteroatoms. The average molecular weight is 439 g/mol. The van der Waals surface area contributed by atoms with Crippen molar-refractivity contribution >= 4 is 5.78 Å². The number of carbonyl (C=O) groups excluding carboxylic acids is 1. The fraction of sp³-hybridized carbons (Fsp3) is 0.519. The lowest BCUT2D eigenvalue weighted by atomic mass is 9.50. The fourth-order valence-corrected chi connectivity index (χ4v) is 7.31. The maximum absolute atomic E-state index is 15.0. The summed E-state index contributed by atoms with van der Waals surface area (Å²) in [4.78, 5) is 12.1. The average Bonchev–Trinajstić information content (AvgIpc) is 3.05. The molecule has 5 atom stereocenters. The van der Waals surface area contributed by atoms with Crippen LogP contribution < -0.4 is 0 Å². The molecule has 0 bridgehead atoms. The van der Waals surface area contributed by atoms with Crippen molar-refractivity contribution in [3.8, 4) is 18.1 Å². The van der Waals surface area contributed by atoms with Crippen LogP contribution >= 0.6 is 0 Å². The lowest BCUT2D eigenvalue weighted by Crippen LogP contribution is -2.59. The van der Waals surface area contributed by atoms with Crippen LogP contribution in [0.1, 0.15) is 63.4 Å². The van der Waals surface area contributed by atoms with E-state index in [1.165, 1.54) is 11.1 Å². The first-order valence-electron chi connectivity index (χ1n) is 11.4. The molecule has 168 valence electrons. The van der Waals surface area contributed by atoms with E-state index in [1.807, 2.05) is 12.1 Å². The summed E-state index contributed by atoms with van der Waals surface area (Å²) in [5.74, 6) is -1.93. The number of hydrogen-bond acceptors (Lipinski definition) is 3. The smallest absolute Gasteiger partial charge is 0.336 e. The predicted octanol–water partition coefficient (Wildman–Crippen LogP) is 5.29. The van der Waals surface area contributed by atoms with Gasteiger partial charge < -0.3 is 10.2 Å². The maximum Gasteiger partial charge on any atom is 0.336 e. The van der Waals surface area contributed by atoms with Crippen molar-refractivity contribution in [3.05, 3.63) is 52.6 Å². The Kier molecular flexibility index (Phi) is 4.70. The highest BCUT2D eigenvalue weighted by atomic mass is 19.3. The summed E-state index contributed by atoms with van der Waals surface area (Å²) in [6, 6.07) is 6.91. The summed E-state index contributed by atoms with van der Waals surface area (Å²) >= 11 is 0. The summed E-state index contributed by atoms with van der Waals surface area (Å²) in [6.45, 7) is 1.79. The Balaban J connectivity index is 1.70. The fourth-order valence-electron chi connectivity index (χ4n) is 7.31. The second-order valence-corrected chi connectivity index (χ2v) is 10.2. The van der Waals surface area contributed by atoms with E-state index in [4.69, 9.17) is 6.42 Å². The van der Waals surface area contributed by atoms with Gasteiger partial charge in [-0.15, -0.1) is 6.42 Å². The molecule has 1 aromatic carbocycles. The lowest BCUT2D eigenvalue weighted by Gasteiger charge is -2.55. The zero-order valence-corrected chi connectivity index (χ0v) is 18.2. The number of allylic oxidation sites excluding steroid dienone is 4. The van der Waals surface area contributed by atoms with E-state index in [9.17, 15) is 23.8 Å². The molecule has 0 radical (unpaired) electrons. The minimum atomic E-state index is -3.61. The van der Waals surface area contributed by atoms with E-state index >= 15 is 0 Å². The zero-order valence-electron chi connectivity index (χ0n) is 18.2. The highest BCUT2D eigenvalue weighted by molar-refractivity contribution is 5.93. The van der Waals surface area contributed by atoms with Crippen LogP contribution in [0, 0.1) is 29.6 Å². The Morgan fingerprint density at radius 2 is 1.88 bits per heavy atom. The zero-order chi connectivity index (χ0) is 22.9. The number of benzene rings is 1. The molecule has 32 heavy (non-hydrogen) atoms. The lowest BCUT2D eigenvalue weighted by molar-refractivity contribution is -0.209. The van der Waals surface area contributed by atoms with E-state index in [0.717, 1.165) is 24.0 Å². The largest absolute Gasteiger partial charge is 0.508 e.